The molecule has 0 heterocycles. The third-order valence-electron chi connectivity index (χ3n) is 3.31. The highest BCUT2D eigenvalue weighted by Crippen LogP contribution is 2.15. The molecule has 0 saturated heterocycles. The molecule has 2 nitrogen and oxygen atoms in total. The monoisotopic (exact) mass is 264 g/mol. The van der Waals surface area contributed by atoms with E-state index in [0.717, 1.165) is 5.75 Å². The Kier molecular flexibility index (Phi) is 9.17. The fourth-order valence-corrected chi connectivity index (χ4v) is 2.12. The number of aliphatic hydroxyl groups excluding tert-OH is 1. The molecule has 0 unspecified atom stereocenters. The Morgan fingerprint density at radius 3 is 2.26 bits per heavy atom. The van der Waals surface area contributed by atoms with Crippen LogP contribution in [0.1, 0.15) is 57.4 Å². The third-order valence-corrected chi connectivity index (χ3v) is 3.31. The molecule has 1 aromatic carbocycles. The summed E-state index contributed by atoms with van der Waals surface area (Å²) in [4.78, 5) is 0. The quantitative estimate of drug-likeness (QED) is 0.602. The second-order valence-corrected chi connectivity index (χ2v) is 5.09. The van der Waals surface area contributed by atoms with Crippen LogP contribution in [0.25, 0.3) is 0 Å². The maximum absolute atomic E-state index is 8.68. The van der Waals surface area contributed by atoms with Crippen LogP contribution in [0.3, 0.4) is 0 Å². The number of aliphatic hydroxyl groups is 1. The van der Waals surface area contributed by atoms with E-state index in [9.17, 15) is 0 Å². The molecule has 0 bridgehead atoms. The summed E-state index contributed by atoms with van der Waals surface area (Å²) in [5, 5.41) is 8.68. The zero-order valence-electron chi connectivity index (χ0n) is 12.2. The smallest absolute Gasteiger partial charge is 0.119 e. The summed E-state index contributed by atoms with van der Waals surface area (Å²) in [5.74, 6) is 0.903. The van der Waals surface area contributed by atoms with E-state index in [4.69, 9.17) is 9.84 Å². The van der Waals surface area contributed by atoms with Gasteiger partial charge in [-0.05, 0) is 30.5 Å². The first-order valence-corrected chi connectivity index (χ1v) is 7.69. The Balaban J connectivity index is 2.13. The molecule has 19 heavy (non-hydrogen) atoms. The lowest BCUT2D eigenvalue weighted by Crippen LogP contribution is -1.99. The van der Waals surface area contributed by atoms with Crippen molar-refractivity contribution in [1.82, 2.24) is 0 Å². The van der Waals surface area contributed by atoms with Crippen LogP contribution in [-0.2, 0) is 6.42 Å². The van der Waals surface area contributed by atoms with Crippen molar-refractivity contribution in [2.75, 3.05) is 13.2 Å². The maximum atomic E-state index is 8.68. The van der Waals surface area contributed by atoms with Crippen molar-refractivity contribution in [2.45, 2.75) is 58.3 Å². The lowest BCUT2D eigenvalue weighted by molar-refractivity contribution is 0.233. The molecule has 0 spiro atoms. The highest BCUT2D eigenvalue weighted by Gasteiger charge is 1.96. The van der Waals surface area contributed by atoms with E-state index in [1.807, 2.05) is 12.1 Å². The summed E-state index contributed by atoms with van der Waals surface area (Å²) >= 11 is 0. The summed E-state index contributed by atoms with van der Waals surface area (Å²) in [5.41, 5.74) is 1.39. The number of unbranched alkanes of at least 4 members (excludes halogenated alkanes) is 5. The number of hydrogen-bond acceptors (Lipinski definition) is 2. The topological polar surface area (TPSA) is 29.5 Å². The molecule has 0 saturated carbocycles. The summed E-state index contributed by atoms with van der Waals surface area (Å²) < 4.78 is 5.51. The second kappa shape index (κ2) is 10.9. The zero-order valence-corrected chi connectivity index (χ0v) is 12.2. The van der Waals surface area contributed by atoms with Gasteiger partial charge in [0, 0.05) is 13.0 Å². The largest absolute Gasteiger partial charge is 0.494 e. The summed E-state index contributed by atoms with van der Waals surface area (Å²) in [6.45, 7) is 3.04. The fourth-order valence-electron chi connectivity index (χ4n) is 2.12. The van der Waals surface area contributed by atoms with E-state index in [-0.39, 0.29) is 6.61 Å². The molecule has 0 radical (unpaired) electrons. The van der Waals surface area contributed by atoms with Crippen molar-refractivity contribution >= 4 is 0 Å². The van der Waals surface area contributed by atoms with Crippen molar-refractivity contribution in [1.29, 1.82) is 0 Å². The lowest BCUT2D eigenvalue weighted by atomic mass is 10.0. The normalized spacial score (nSPS) is 10.6. The number of benzene rings is 1. The highest BCUT2D eigenvalue weighted by molar-refractivity contribution is 5.27. The van der Waals surface area contributed by atoms with Gasteiger partial charge in [0.15, 0.2) is 0 Å². The van der Waals surface area contributed by atoms with Crippen molar-refractivity contribution in [3.8, 4) is 5.75 Å². The molecule has 1 aromatic rings. The standard InChI is InChI=1S/C17H28O2/c1-2-3-4-5-6-7-9-16-10-12-17(13-11-16)19-15-8-14-18/h10-13,18H,2-9,14-15H2,1H3. The molecule has 0 aliphatic carbocycles. The first-order chi connectivity index (χ1) is 9.36. The SMILES string of the molecule is CCCCCCCCc1ccc(OCCCO)cc1. The van der Waals surface area contributed by atoms with Crippen molar-refractivity contribution in [2.24, 2.45) is 0 Å². The van der Waals surface area contributed by atoms with Gasteiger partial charge < -0.3 is 9.84 Å². The van der Waals surface area contributed by atoms with E-state index in [1.54, 1.807) is 0 Å². The van der Waals surface area contributed by atoms with Gasteiger partial charge in [-0.2, -0.15) is 0 Å². The molecule has 0 aromatic heterocycles. The Morgan fingerprint density at radius 1 is 0.895 bits per heavy atom. The predicted molar refractivity (Wildman–Crippen MR) is 80.7 cm³/mol. The van der Waals surface area contributed by atoms with Gasteiger partial charge in [0.05, 0.1) is 6.61 Å². The van der Waals surface area contributed by atoms with Gasteiger partial charge in [-0.25, -0.2) is 0 Å². The van der Waals surface area contributed by atoms with Crippen LogP contribution in [-0.4, -0.2) is 18.3 Å². The Hall–Kier alpha value is -1.02. The zero-order chi connectivity index (χ0) is 13.8. The molecule has 108 valence electrons. The number of rotatable bonds is 11. The Bertz CT molecular complexity index is 306. The Labute approximate surface area is 117 Å². The van der Waals surface area contributed by atoms with E-state index < -0.39 is 0 Å². The van der Waals surface area contributed by atoms with Crippen molar-refractivity contribution < 1.29 is 9.84 Å². The van der Waals surface area contributed by atoms with Gasteiger partial charge in [0.2, 0.25) is 0 Å². The molecule has 0 aliphatic heterocycles. The van der Waals surface area contributed by atoms with Gasteiger partial charge in [-0.15, -0.1) is 0 Å². The summed E-state index contributed by atoms with van der Waals surface area (Å²) in [6, 6.07) is 8.37. The average molecular weight is 264 g/mol. The van der Waals surface area contributed by atoms with Gasteiger partial charge in [0.1, 0.15) is 5.75 Å². The Morgan fingerprint density at radius 2 is 1.58 bits per heavy atom. The molecule has 0 aliphatic rings. The van der Waals surface area contributed by atoms with Crippen LogP contribution in [0.5, 0.6) is 5.75 Å². The maximum Gasteiger partial charge on any atom is 0.119 e. The highest BCUT2D eigenvalue weighted by atomic mass is 16.5. The molecule has 1 rings (SSSR count). The van der Waals surface area contributed by atoms with Gasteiger partial charge in [-0.1, -0.05) is 51.2 Å². The lowest BCUT2D eigenvalue weighted by Gasteiger charge is -2.06. The van der Waals surface area contributed by atoms with Crippen LogP contribution < -0.4 is 4.74 Å². The van der Waals surface area contributed by atoms with E-state index in [1.165, 1.54) is 50.5 Å². The van der Waals surface area contributed by atoms with Crippen LogP contribution in [0.2, 0.25) is 0 Å². The number of hydrogen-bond donors (Lipinski definition) is 1. The average Bonchev–Trinajstić information content (AvgIpc) is 2.44. The van der Waals surface area contributed by atoms with Gasteiger partial charge in [0.25, 0.3) is 0 Å². The predicted octanol–water partition coefficient (Wildman–Crippen LogP) is 4.35. The summed E-state index contributed by atoms with van der Waals surface area (Å²) in [6.07, 6.45) is 9.94. The first-order valence-electron chi connectivity index (χ1n) is 7.69. The molecule has 0 atom stereocenters. The minimum atomic E-state index is 0.191. The minimum Gasteiger partial charge on any atom is -0.494 e. The molecular weight excluding hydrogens is 236 g/mol. The van der Waals surface area contributed by atoms with Crippen molar-refractivity contribution in [3.63, 3.8) is 0 Å². The van der Waals surface area contributed by atoms with E-state index in [2.05, 4.69) is 19.1 Å². The number of aryl methyl sites for hydroxylation is 1. The van der Waals surface area contributed by atoms with Crippen molar-refractivity contribution in [3.05, 3.63) is 29.8 Å². The van der Waals surface area contributed by atoms with Crippen LogP contribution in [0.15, 0.2) is 24.3 Å². The van der Waals surface area contributed by atoms with E-state index >= 15 is 0 Å². The number of ether oxygens (including phenoxy) is 1. The minimum absolute atomic E-state index is 0.191. The van der Waals surface area contributed by atoms with Crippen LogP contribution in [0, 0.1) is 0 Å². The fraction of sp³-hybridized carbons (Fsp3) is 0.647. The molecular formula is C17H28O2. The van der Waals surface area contributed by atoms with Crippen LogP contribution in [0.4, 0.5) is 0 Å². The second-order valence-electron chi connectivity index (χ2n) is 5.09. The molecule has 0 amide bonds. The van der Waals surface area contributed by atoms with Crippen LogP contribution >= 0.6 is 0 Å². The molecule has 1 N–H and O–H groups in total. The van der Waals surface area contributed by atoms with Gasteiger partial charge in [-0.3, -0.25) is 0 Å². The summed E-state index contributed by atoms with van der Waals surface area (Å²) in [7, 11) is 0. The third kappa shape index (κ3) is 7.89. The first kappa shape index (κ1) is 16.0. The van der Waals surface area contributed by atoms with E-state index in [0.29, 0.717) is 13.0 Å². The molecule has 2 heteroatoms. The molecule has 0 fully saturated rings. The van der Waals surface area contributed by atoms with Gasteiger partial charge >= 0.3 is 0 Å².